The molecule has 1 aliphatic carbocycles. The maximum atomic E-state index is 12.5. The number of esters is 1. The van der Waals surface area contributed by atoms with E-state index in [0.717, 1.165) is 30.7 Å². The van der Waals surface area contributed by atoms with Gasteiger partial charge in [0.1, 0.15) is 5.92 Å². The summed E-state index contributed by atoms with van der Waals surface area (Å²) < 4.78 is 5.18. The van der Waals surface area contributed by atoms with Gasteiger partial charge in [-0.05, 0) is 60.4 Å². The summed E-state index contributed by atoms with van der Waals surface area (Å²) in [7, 11) is 0. The van der Waals surface area contributed by atoms with Gasteiger partial charge in [0.15, 0.2) is 18.2 Å². The molecule has 8 heteroatoms. The standard InChI is InChI=1S/C21H19ClN2O4S/c22-13-7-5-12(6-8-13)15(25)9-10-18(26)28-11-17-23-20(27)19-14-3-1-2-4-16(14)29-21(19)24-17/h5-8,19H,1-4,9-11H2. The highest BCUT2D eigenvalue weighted by atomic mass is 35.5. The molecule has 3 aliphatic rings. The highest BCUT2D eigenvalue weighted by Gasteiger charge is 2.40. The Morgan fingerprint density at radius 3 is 2.66 bits per heavy atom. The number of amides is 1. The molecule has 1 unspecified atom stereocenters. The highest BCUT2D eigenvalue weighted by Crippen LogP contribution is 2.47. The second kappa shape index (κ2) is 8.63. The van der Waals surface area contributed by atoms with Crippen LogP contribution in [0.1, 0.15) is 48.9 Å². The van der Waals surface area contributed by atoms with E-state index in [4.69, 9.17) is 16.3 Å². The molecule has 0 spiro atoms. The van der Waals surface area contributed by atoms with E-state index < -0.39 is 5.97 Å². The summed E-state index contributed by atoms with van der Waals surface area (Å²) in [6.07, 6.45) is 4.15. The molecular weight excluding hydrogens is 412 g/mol. The molecule has 4 rings (SSSR count). The topological polar surface area (TPSA) is 85.2 Å². The summed E-state index contributed by atoms with van der Waals surface area (Å²) in [6.45, 7) is -0.166. The van der Waals surface area contributed by atoms with E-state index in [1.807, 2.05) is 0 Å². The van der Waals surface area contributed by atoms with Crippen molar-refractivity contribution in [2.75, 3.05) is 6.61 Å². The van der Waals surface area contributed by atoms with Gasteiger partial charge in [0.25, 0.3) is 5.91 Å². The maximum Gasteiger partial charge on any atom is 0.306 e. The molecule has 0 saturated carbocycles. The summed E-state index contributed by atoms with van der Waals surface area (Å²) in [5.74, 6) is -1.02. The Labute approximate surface area is 177 Å². The van der Waals surface area contributed by atoms with E-state index in [-0.39, 0.29) is 42.9 Å². The van der Waals surface area contributed by atoms with Gasteiger partial charge in [-0.3, -0.25) is 14.4 Å². The fourth-order valence-corrected chi connectivity index (χ4v) is 5.11. The number of Topliss-reactive ketones (excluding diaryl/α,β-unsaturated/α-hetero) is 1. The average molecular weight is 431 g/mol. The Morgan fingerprint density at radius 2 is 1.86 bits per heavy atom. The van der Waals surface area contributed by atoms with Gasteiger partial charge in [0.05, 0.1) is 11.5 Å². The molecular formula is C21H19ClN2O4S. The third kappa shape index (κ3) is 4.51. The first-order valence-electron chi connectivity index (χ1n) is 9.55. The van der Waals surface area contributed by atoms with Crippen molar-refractivity contribution in [3.05, 3.63) is 45.3 Å². The predicted octanol–water partition coefficient (Wildman–Crippen LogP) is 4.37. The summed E-state index contributed by atoms with van der Waals surface area (Å²) in [5, 5.41) is 1.30. The monoisotopic (exact) mass is 430 g/mol. The van der Waals surface area contributed by atoms with Crippen LogP contribution in [0.3, 0.4) is 0 Å². The SMILES string of the molecule is O=C(CCC(=O)c1ccc(Cl)cc1)OCC1=NC(=O)C2C(=N1)SC1=C2CCCC1. The number of fused-ring (bicyclic) bond motifs is 2. The summed E-state index contributed by atoms with van der Waals surface area (Å²) in [6, 6.07) is 6.51. The van der Waals surface area contributed by atoms with Crippen LogP contribution in [0.25, 0.3) is 0 Å². The van der Waals surface area contributed by atoms with Crippen LogP contribution in [0.2, 0.25) is 5.02 Å². The molecule has 0 N–H and O–H groups in total. The Bertz CT molecular complexity index is 965. The van der Waals surface area contributed by atoms with Gasteiger partial charge in [-0.15, -0.1) is 0 Å². The van der Waals surface area contributed by atoms with Crippen molar-refractivity contribution >= 4 is 51.9 Å². The van der Waals surface area contributed by atoms with Crippen LogP contribution in [0.5, 0.6) is 0 Å². The molecule has 0 radical (unpaired) electrons. The van der Waals surface area contributed by atoms with Crippen LogP contribution in [0.15, 0.2) is 44.7 Å². The largest absolute Gasteiger partial charge is 0.457 e. The lowest BCUT2D eigenvalue weighted by atomic mass is 9.89. The number of ether oxygens (including phenoxy) is 1. The molecule has 2 heterocycles. The molecule has 0 bridgehead atoms. The fourth-order valence-electron chi connectivity index (χ4n) is 3.62. The van der Waals surface area contributed by atoms with Crippen molar-refractivity contribution in [3.8, 4) is 0 Å². The number of allylic oxidation sites excluding steroid dienone is 1. The minimum Gasteiger partial charge on any atom is -0.457 e. The molecule has 150 valence electrons. The van der Waals surface area contributed by atoms with Crippen molar-refractivity contribution in [1.82, 2.24) is 0 Å². The molecule has 29 heavy (non-hydrogen) atoms. The van der Waals surface area contributed by atoms with Gasteiger partial charge in [-0.2, -0.15) is 4.99 Å². The van der Waals surface area contributed by atoms with Crippen molar-refractivity contribution in [1.29, 1.82) is 0 Å². The maximum absolute atomic E-state index is 12.5. The van der Waals surface area contributed by atoms with Gasteiger partial charge in [-0.25, -0.2) is 4.99 Å². The number of amidine groups is 1. The number of halogens is 1. The zero-order valence-electron chi connectivity index (χ0n) is 15.7. The smallest absolute Gasteiger partial charge is 0.306 e. The lowest BCUT2D eigenvalue weighted by Gasteiger charge is -2.18. The van der Waals surface area contributed by atoms with E-state index in [1.165, 1.54) is 10.5 Å². The van der Waals surface area contributed by atoms with Crippen molar-refractivity contribution in [3.63, 3.8) is 0 Å². The Hall–Kier alpha value is -2.25. The average Bonchev–Trinajstić information content (AvgIpc) is 3.10. The summed E-state index contributed by atoms with van der Waals surface area (Å²) in [5.41, 5.74) is 1.67. The molecule has 1 amide bonds. The molecule has 1 atom stereocenters. The zero-order valence-corrected chi connectivity index (χ0v) is 17.2. The number of carbonyl (C=O) groups excluding carboxylic acids is 3. The molecule has 1 aromatic rings. The number of ketones is 1. The van der Waals surface area contributed by atoms with Gasteiger partial charge in [-0.1, -0.05) is 23.4 Å². The number of thioether (sulfide) groups is 1. The normalized spacial score (nSPS) is 20.6. The number of hydrogen-bond donors (Lipinski definition) is 0. The first-order valence-corrected chi connectivity index (χ1v) is 10.7. The number of nitrogens with zero attached hydrogens (tertiary/aromatic N) is 2. The highest BCUT2D eigenvalue weighted by molar-refractivity contribution is 8.17. The number of rotatable bonds is 6. The predicted molar refractivity (Wildman–Crippen MR) is 112 cm³/mol. The third-order valence-electron chi connectivity index (χ3n) is 5.09. The first-order chi connectivity index (χ1) is 14.0. The van der Waals surface area contributed by atoms with Crippen molar-refractivity contribution in [2.24, 2.45) is 15.9 Å². The van der Waals surface area contributed by atoms with Crippen LogP contribution in [-0.4, -0.2) is 35.1 Å². The van der Waals surface area contributed by atoms with Crippen LogP contribution in [0, 0.1) is 5.92 Å². The zero-order chi connectivity index (χ0) is 20.4. The second-order valence-electron chi connectivity index (χ2n) is 7.10. The van der Waals surface area contributed by atoms with Gasteiger partial charge in [0.2, 0.25) is 0 Å². The number of benzene rings is 1. The number of hydrogen-bond acceptors (Lipinski definition) is 6. The van der Waals surface area contributed by atoms with E-state index >= 15 is 0 Å². The van der Waals surface area contributed by atoms with E-state index in [2.05, 4.69) is 9.98 Å². The first kappa shape index (κ1) is 20.0. The van der Waals surface area contributed by atoms with E-state index in [0.29, 0.717) is 10.6 Å². The van der Waals surface area contributed by atoms with Gasteiger partial charge in [0, 0.05) is 17.0 Å². The van der Waals surface area contributed by atoms with Gasteiger partial charge >= 0.3 is 5.97 Å². The number of aliphatic imine (C=N–C) groups is 2. The molecule has 2 aliphatic heterocycles. The lowest BCUT2D eigenvalue weighted by Crippen LogP contribution is -2.28. The third-order valence-corrected chi connectivity index (χ3v) is 6.59. The van der Waals surface area contributed by atoms with Crippen LogP contribution >= 0.6 is 23.4 Å². The van der Waals surface area contributed by atoms with Crippen LogP contribution in [0.4, 0.5) is 0 Å². The summed E-state index contributed by atoms with van der Waals surface area (Å²) in [4.78, 5) is 46.3. The van der Waals surface area contributed by atoms with Crippen LogP contribution in [-0.2, 0) is 14.3 Å². The lowest BCUT2D eigenvalue weighted by molar-refractivity contribution is -0.142. The number of carbonyl (C=O) groups is 3. The second-order valence-corrected chi connectivity index (χ2v) is 8.65. The van der Waals surface area contributed by atoms with Crippen LogP contribution < -0.4 is 0 Å². The molecule has 6 nitrogen and oxygen atoms in total. The Balaban J connectivity index is 1.28. The molecule has 0 saturated heterocycles. The molecule has 1 aromatic carbocycles. The van der Waals surface area contributed by atoms with Crippen molar-refractivity contribution in [2.45, 2.75) is 38.5 Å². The van der Waals surface area contributed by atoms with E-state index in [9.17, 15) is 14.4 Å². The molecule has 0 fully saturated rings. The van der Waals surface area contributed by atoms with E-state index in [1.54, 1.807) is 36.0 Å². The minimum atomic E-state index is -0.527. The van der Waals surface area contributed by atoms with Gasteiger partial charge < -0.3 is 4.74 Å². The fraction of sp³-hybridized carbons (Fsp3) is 0.381. The Kier molecular flexibility index (Phi) is 5.96. The molecule has 0 aromatic heterocycles. The minimum absolute atomic E-state index is 0.0367. The Morgan fingerprint density at radius 1 is 1.10 bits per heavy atom. The summed E-state index contributed by atoms with van der Waals surface area (Å²) >= 11 is 7.37. The quantitative estimate of drug-likeness (QED) is 0.494. The van der Waals surface area contributed by atoms with Crippen molar-refractivity contribution < 1.29 is 19.1 Å².